The third kappa shape index (κ3) is 2.19. The lowest BCUT2D eigenvalue weighted by atomic mass is 10.1. The van der Waals surface area contributed by atoms with Crippen molar-refractivity contribution in [3.8, 4) is 0 Å². The summed E-state index contributed by atoms with van der Waals surface area (Å²) in [5, 5.41) is 0. The number of hydrogen-bond acceptors (Lipinski definition) is 3. The zero-order chi connectivity index (χ0) is 8.97. The Morgan fingerprint density at radius 3 is 3.00 bits per heavy atom. The number of hydrogen-bond donors (Lipinski definition) is 1. The number of carbonyl (C=O) groups is 1. The molecule has 1 amide bonds. The number of ether oxygens (including phenoxy) is 1. The molecular formula is C8H16N2O2. The Morgan fingerprint density at radius 1 is 1.75 bits per heavy atom. The highest BCUT2D eigenvalue weighted by Gasteiger charge is 2.25. The molecule has 1 heterocycles. The number of rotatable bonds is 3. The normalized spacial score (nSPS) is 22.7. The molecule has 1 saturated heterocycles. The monoisotopic (exact) mass is 172 g/mol. The first-order chi connectivity index (χ1) is 5.75. The summed E-state index contributed by atoms with van der Waals surface area (Å²) in [6.07, 6.45) is 0.855. The molecule has 1 fully saturated rings. The summed E-state index contributed by atoms with van der Waals surface area (Å²) < 4.78 is 5.13. The SMILES string of the molecule is CN(CCN)C(=O)C1CCOC1. The summed E-state index contributed by atoms with van der Waals surface area (Å²) in [4.78, 5) is 13.2. The van der Waals surface area contributed by atoms with Crippen LogP contribution < -0.4 is 5.73 Å². The second-order valence-corrected chi connectivity index (χ2v) is 3.11. The fourth-order valence-corrected chi connectivity index (χ4v) is 1.34. The molecule has 0 aromatic carbocycles. The van der Waals surface area contributed by atoms with Gasteiger partial charge in [0.25, 0.3) is 0 Å². The van der Waals surface area contributed by atoms with Crippen molar-refractivity contribution >= 4 is 5.91 Å². The smallest absolute Gasteiger partial charge is 0.227 e. The van der Waals surface area contributed by atoms with Crippen LogP contribution in [0.15, 0.2) is 0 Å². The molecule has 12 heavy (non-hydrogen) atoms. The zero-order valence-electron chi connectivity index (χ0n) is 7.45. The molecule has 1 aliphatic heterocycles. The second-order valence-electron chi connectivity index (χ2n) is 3.11. The van der Waals surface area contributed by atoms with E-state index in [1.165, 1.54) is 0 Å². The van der Waals surface area contributed by atoms with Crippen LogP contribution in [0, 0.1) is 5.92 Å². The molecule has 0 aromatic heterocycles. The lowest BCUT2D eigenvalue weighted by molar-refractivity contribution is -0.134. The van der Waals surface area contributed by atoms with Crippen molar-refractivity contribution in [3.63, 3.8) is 0 Å². The molecular weight excluding hydrogens is 156 g/mol. The van der Waals surface area contributed by atoms with Gasteiger partial charge in [0.05, 0.1) is 12.5 Å². The molecule has 0 radical (unpaired) electrons. The number of likely N-dealkylation sites (N-methyl/N-ethyl adjacent to an activating group) is 1. The molecule has 0 aromatic rings. The molecule has 0 bridgehead atoms. The van der Waals surface area contributed by atoms with E-state index >= 15 is 0 Å². The van der Waals surface area contributed by atoms with Gasteiger partial charge in [0.15, 0.2) is 0 Å². The quantitative estimate of drug-likeness (QED) is 0.621. The van der Waals surface area contributed by atoms with Crippen molar-refractivity contribution < 1.29 is 9.53 Å². The maximum absolute atomic E-state index is 11.5. The van der Waals surface area contributed by atoms with Crippen LogP contribution in [0.3, 0.4) is 0 Å². The third-order valence-electron chi connectivity index (χ3n) is 2.12. The van der Waals surface area contributed by atoms with Gasteiger partial charge in [-0.05, 0) is 6.42 Å². The molecule has 0 spiro atoms. The van der Waals surface area contributed by atoms with E-state index in [2.05, 4.69) is 0 Å². The van der Waals surface area contributed by atoms with Crippen LogP contribution in [-0.4, -0.2) is 44.2 Å². The highest BCUT2D eigenvalue weighted by molar-refractivity contribution is 5.78. The van der Waals surface area contributed by atoms with Crippen LogP contribution in [-0.2, 0) is 9.53 Å². The summed E-state index contributed by atoms with van der Waals surface area (Å²) in [6.45, 7) is 2.45. The Kier molecular flexibility index (Phi) is 3.49. The van der Waals surface area contributed by atoms with Crippen molar-refractivity contribution in [1.29, 1.82) is 0 Å². The first-order valence-electron chi connectivity index (χ1n) is 4.28. The predicted molar refractivity (Wildman–Crippen MR) is 45.6 cm³/mol. The number of nitrogens with two attached hydrogens (primary N) is 1. The van der Waals surface area contributed by atoms with Gasteiger partial charge < -0.3 is 15.4 Å². The van der Waals surface area contributed by atoms with Crippen molar-refractivity contribution in [2.45, 2.75) is 6.42 Å². The third-order valence-corrected chi connectivity index (χ3v) is 2.12. The number of amides is 1. The molecule has 0 saturated carbocycles. The Hall–Kier alpha value is -0.610. The van der Waals surface area contributed by atoms with Gasteiger partial charge in [-0.15, -0.1) is 0 Å². The highest BCUT2D eigenvalue weighted by Crippen LogP contribution is 2.14. The largest absolute Gasteiger partial charge is 0.381 e. The van der Waals surface area contributed by atoms with Gasteiger partial charge in [0.1, 0.15) is 0 Å². The number of nitrogens with zero attached hydrogens (tertiary/aromatic N) is 1. The molecule has 70 valence electrons. The van der Waals surface area contributed by atoms with Crippen molar-refractivity contribution in [2.75, 3.05) is 33.4 Å². The summed E-state index contributed by atoms with van der Waals surface area (Å²) in [5.41, 5.74) is 5.34. The molecule has 1 rings (SSSR count). The molecule has 1 unspecified atom stereocenters. The number of carbonyl (C=O) groups excluding carboxylic acids is 1. The first-order valence-corrected chi connectivity index (χ1v) is 4.28. The Balaban J connectivity index is 2.34. The van der Waals surface area contributed by atoms with E-state index in [0.29, 0.717) is 26.3 Å². The fourth-order valence-electron chi connectivity index (χ4n) is 1.34. The van der Waals surface area contributed by atoms with Gasteiger partial charge in [0, 0.05) is 26.7 Å². The topological polar surface area (TPSA) is 55.6 Å². The summed E-state index contributed by atoms with van der Waals surface area (Å²) >= 11 is 0. The first kappa shape index (κ1) is 9.48. The van der Waals surface area contributed by atoms with Gasteiger partial charge in [-0.25, -0.2) is 0 Å². The van der Waals surface area contributed by atoms with Crippen LogP contribution in [0.1, 0.15) is 6.42 Å². The van der Waals surface area contributed by atoms with Gasteiger partial charge in [-0.3, -0.25) is 4.79 Å². The Morgan fingerprint density at radius 2 is 2.50 bits per heavy atom. The molecule has 4 heteroatoms. The zero-order valence-corrected chi connectivity index (χ0v) is 7.45. The van der Waals surface area contributed by atoms with Crippen LogP contribution in [0.25, 0.3) is 0 Å². The van der Waals surface area contributed by atoms with Gasteiger partial charge >= 0.3 is 0 Å². The van der Waals surface area contributed by atoms with Crippen LogP contribution in [0.2, 0.25) is 0 Å². The summed E-state index contributed by atoms with van der Waals surface area (Å²) in [6, 6.07) is 0. The van der Waals surface area contributed by atoms with E-state index in [0.717, 1.165) is 6.42 Å². The molecule has 0 aliphatic carbocycles. The van der Waals surface area contributed by atoms with Crippen molar-refractivity contribution in [3.05, 3.63) is 0 Å². The van der Waals surface area contributed by atoms with E-state index < -0.39 is 0 Å². The fraction of sp³-hybridized carbons (Fsp3) is 0.875. The average Bonchev–Trinajstić information content (AvgIpc) is 2.55. The van der Waals surface area contributed by atoms with E-state index in [1.807, 2.05) is 0 Å². The summed E-state index contributed by atoms with van der Waals surface area (Å²) in [5.74, 6) is 0.236. The predicted octanol–water partition coefficient (Wildman–Crippen LogP) is -0.560. The molecule has 1 atom stereocenters. The minimum absolute atomic E-state index is 0.0709. The van der Waals surface area contributed by atoms with E-state index in [1.54, 1.807) is 11.9 Å². The second kappa shape index (κ2) is 4.42. The molecule has 2 N–H and O–H groups in total. The maximum atomic E-state index is 11.5. The minimum Gasteiger partial charge on any atom is -0.381 e. The van der Waals surface area contributed by atoms with Crippen LogP contribution >= 0.6 is 0 Å². The molecule has 1 aliphatic rings. The Labute approximate surface area is 72.7 Å². The van der Waals surface area contributed by atoms with E-state index in [9.17, 15) is 4.79 Å². The van der Waals surface area contributed by atoms with Crippen LogP contribution in [0.5, 0.6) is 0 Å². The standard InChI is InChI=1S/C8H16N2O2/c1-10(4-3-9)8(11)7-2-5-12-6-7/h7H,2-6,9H2,1H3. The van der Waals surface area contributed by atoms with Gasteiger partial charge in [0.2, 0.25) is 5.91 Å². The highest BCUT2D eigenvalue weighted by atomic mass is 16.5. The van der Waals surface area contributed by atoms with Gasteiger partial charge in [-0.2, -0.15) is 0 Å². The van der Waals surface area contributed by atoms with E-state index in [-0.39, 0.29) is 11.8 Å². The van der Waals surface area contributed by atoms with E-state index in [4.69, 9.17) is 10.5 Å². The van der Waals surface area contributed by atoms with Crippen LogP contribution in [0.4, 0.5) is 0 Å². The molecule has 4 nitrogen and oxygen atoms in total. The lowest BCUT2D eigenvalue weighted by Gasteiger charge is -2.18. The Bertz CT molecular complexity index is 155. The van der Waals surface area contributed by atoms with Gasteiger partial charge in [-0.1, -0.05) is 0 Å². The average molecular weight is 172 g/mol. The minimum atomic E-state index is 0.0709. The van der Waals surface area contributed by atoms with Crippen molar-refractivity contribution in [1.82, 2.24) is 4.90 Å². The summed E-state index contributed by atoms with van der Waals surface area (Å²) in [7, 11) is 1.79. The van der Waals surface area contributed by atoms with Crippen molar-refractivity contribution in [2.24, 2.45) is 11.7 Å². The lowest BCUT2D eigenvalue weighted by Crippen LogP contribution is -2.36. The maximum Gasteiger partial charge on any atom is 0.227 e.